The number of hydrogen-bond acceptors (Lipinski definition) is 10. The first kappa shape index (κ1) is 33.1. The van der Waals surface area contributed by atoms with Crippen LogP contribution in [0.4, 0.5) is 14.5 Å². The highest BCUT2D eigenvalue weighted by Crippen LogP contribution is 2.35. The van der Waals surface area contributed by atoms with E-state index in [2.05, 4.69) is 4.74 Å². The van der Waals surface area contributed by atoms with Crippen LogP contribution in [0.2, 0.25) is 0 Å². The number of ether oxygens (including phenoxy) is 3. The van der Waals surface area contributed by atoms with Crippen LogP contribution in [0.15, 0.2) is 18.2 Å². The summed E-state index contributed by atoms with van der Waals surface area (Å²) < 4.78 is 74.4. The molecule has 0 saturated carbocycles. The van der Waals surface area contributed by atoms with Crippen molar-refractivity contribution in [3.63, 3.8) is 0 Å². The second-order valence-corrected chi connectivity index (χ2v) is 12.7. The first-order valence-corrected chi connectivity index (χ1v) is 15.1. The molecule has 0 amide bonds. The Morgan fingerprint density at radius 1 is 1.00 bits per heavy atom. The fourth-order valence-corrected chi connectivity index (χ4v) is 6.78. The Balaban J connectivity index is 2.55. The lowest BCUT2D eigenvalue weighted by molar-refractivity contribution is -0.385. The van der Waals surface area contributed by atoms with Crippen molar-refractivity contribution < 1.29 is 55.3 Å². The first-order chi connectivity index (χ1) is 17.4. The summed E-state index contributed by atoms with van der Waals surface area (Å²) in [4.78, 5) is 48.4. The second-order valence-electron chi connectivity index (χ2n) is 6.91. The Kier molecular flexibility index (Phi) is 11.0. The number of carbonyl (C=O) groups is 3. The van der Waals surface area contributed by atoms with Gasteiger partial charge >= 0.3 is 33.3 Å². The average Bonchev–Trinajstić information content (AvgIpc) is 2.83. The van der Waals surface area contributed by atoms with Gasteiger partial charge in [-0.05, 0) is 103 Å². The van der Waals surface area contributed by atoms with Crippen LogP contribution >= 0.6 is 90.4 Å². The quantitative estimate of drug-likeness (QED) is 0.0548. The van der Waals surface area contributed by atoms with Crippen LogP contribution in [0, 0.1) is 24.4 Å². The summed E-state index contributed by atoms with van der Waals surface area (Å²) in [6.45, 7) is 0.442. The Bertz CT molecular complexity index is 1470. The Labute approximate surface area is 267 Å². The molecule has 19 heteroatoms. The highest BCUT2D eigenvalue weighted by atomic mass is 127. The molecule has 38 heavy (non-hydrogen) atoms. The summed E-state index contributed by atoms with van der Waals surface area (Å²) in [5, 5.41) is 6.45. The van der Waals surface area contributed by atoms with E-state index < -0.39 is 61.3 Å². The first-order valence-electron chi connectivity index (χ1n) is 9.37. The van der Waals surface area contributed by atoms with Gasteiger partial charge in [0.05, 0.1) is 23.2 Å². The number of hydrogen-bond donors (Lipinski definition) is 1. The molecule has 2 aromatic rings. The largest absolute Gasteiger partial charge is 0.465 e. The van der Waals surface area contributed by atoms with E-state index >= 15 is 0 Å². The number of halogens is 6. The molecule has 0 aliphatic carbocycles. The standard InChI is InChI=1S/C19H11F2I4NO11S/c1-6(19(20,21)38(32,33)34)36-16(27)8-5-7(3-4-9(8)26(30)31)37-18(29)11-10(17(28)35-2)12(22)14(24)15(25)13(11)23/h3-6H,1-2H3,(H,32,33,34). The van der Waals surface area contributed by atoms with Crippen molar-refractivity contribution in [1.82, 2.24) is 0 Å². The number of carbonyl (C=O) groups excluding carboxylic acids is 3. The van der Waals surface area contributed by atoms with Crippen molar-refractivity contribution in [3.8, 4) is 5.75 Å². The third-order valence-electron chi connectivity index (χ3n) is 4.56. The molecular weight excluding hydrogens is 996 g/mol. The summed E-state index contributed by atoms with van der Waals surface area (Å²) in [6.07, 6.45) is -2.75. The molecule has 0 aliphatic rings. The molecule has 0 heterocycles. The third kappa shape index (κ3) is 6.80. The topological polar surface area (TPSA) is 176 Å². The number of methoxy groups -OCH3 is 1. The van der Waals surface area contributed by atoms with Gasteiger partial charge in [-0.3, -0.25) is 14.7 Å². The molecule has 1 N–H and O–H groups in total. The smallest absolute Gasteiger partial charge is 0.405 e. The Morgan fingerprint density at radius 3 is 1.95 bits per heavy atom. The van der Waals surface area contributed by atoms with Crippen LogP contribution < -0.4 is 4.74 Å². The van der Waals surface area contributed by atoms with Crippen LogP contribution in [-0.2, 0) is 19.6 Å². The zero-order chi connectivity index (χ0) is 29.3. The van der Waals surface area contributed by atoms with E-state index in [9.17, 15) is 41.7 Å². The zero-order valence-electron chi connectivity index (χ0n) is 18.5. The minimum absolute atomic E-state index is 0.116. The molecular formula is C19H11F2I4NO11S. The van der Waals surface area contributed by atoms with E-state index in [1.165, 1.54) is 0 Å². The Morgan fingerprint density at radius 2 is 1.50 bits per heavy atom. The van der Waals surface area contributed by atoms with Crippen molar-refractivity contribution >= 4 is 124 Å². The average molecular weight is 1010 g/mol. The van der Waals surface area contributed by atoms with Crippen molar-refractivity contribution in [2.45, 2.75) is 18.3 Å². The predicted octanol–water partition coefficient (Wildman–Crippen LogP) is 5.04. The second kappa shape index (κ2) is 12.6. The molecule has 0 fully saturated rings. The predicted molar refractivity (Wildman–Crippen MR) is 158 cm³/mol. The summed E-state index contributed by atoms with van der Waals surface area (Å²) in [6, 6.07) is 2.29. The molecule has 0 spiro atoms. The maximum atomic E-state index is 13.8. The van der Waals surface area contributed by atoms with E-state index in [4.69, 9.17) is 14.0 Å². The van der Waals surface area contributed by atoms with Gasteiger partial charge in [0.15, 0.2) is 6.10 Å². The summed E-state index contributed by atoms with van der Waals surface area (Å²) in [5.74, 6) is -4.21. The lowest BCUT2D eigenvalue weighted by Gasteiger charge is -2.20. The van der Waals surface area contributed by atoms with Gasteiger partial charge in [-0.1, -0.05) is 0 Å². The van der Waals surface area contributed by atoms with Gasteiger partial charge < -0.3 is 14.2 Å². The molecule has 2 aromatic carbocycles. The van der Waals surface area contributed by atoms with Crippen molar-refractivity contribution in [2.75, 3.05) is 7.11 Å². The molecule has 0 bridgehead atoms. The highest BCUT2D eigenvalue weighted by molar-refractivity contribution is 14.1. The maximum Gasteiger partial charge on any atom is 0.405 e. The number of nitro benzene ring substituents is 1. The van der Waals surface area contributed by atoms with Crippen LogP contribution in [0.5, 0.6) is 5.75 Å². The highest BCUT2D eigenvalue weighted by Gasteiger charge is 2.52. The van der Waals surface area contributed by atoms with Crippen molar-refractivity contribution in [2.24, 2.45) is 0 Å². The molecule has 0 aromatic heterocycles. The zero-order valence-corrected chi connectivity index (χ0v) is 27.9. The Hall–Kier alpha value is -1.06. The fraction of sp³-hybridized carbons (Fsp3) is 0.211. The van der Waals surface area contributed by atoms with Crippen LogP contribution in [0.25, 0.3) is 0 Å². The van der Waals surface area contributed by atoms with E-state index in [1.807, 2.05) is 90.4 Å². The minimum Gasteiger partial charge on any atom is -0.465 e. The van der Waals surface area contributed by atoms with Gasteiger partial charge in [0.25, 0.3) is 5.69 Å². The summed E-state index contributed by atoms with van der Waals surface area (Å²) in [5.41, 5.74) is -2.22. The molecule has 12 nitrogen and oxygen atoms in total. The summed E-state index contributed by atoms with van der Waals surface area (Å²) >= 11 is 7.57. The minimum atomic E-state index is -5.99. The van der Waals surface area contributed by atoms with E-state index in [-0.39, 0.29) is 11.1 Å². The lowest BCUT2D eigenvalue weighted by Crippen LogP contribution is -2.42. The molecule has 206 valence electrons. The van der Waals surface area contributed by atoms with Crippen LogP contribution in [-0.4, -0.2) is 54.3 Å². The molecule has 0 radical (unpaired) electrons. The van der Waals surface area contributed by atoms with E-state index in [0.29, 0.717) is 27.3 Å². The van der Waals surface area contributed by atoms with Crippen molar-refractivity contribution in [1.29, 1.82) is 0 Å². The monoisotopic (exact) mass is 1010 g/mol. The SMILES string of the molecule is COC(=O)c1c(I)c(I)c(I)c(I)c1C(=O)Oc1ccc([N+](=O)[O-])c(C(=O)OC(C)C(F)(F)S(=O)(=O)O)c1. The van der Waals surface area contributed by atoms with Gasteiger partial charge in [-0.25, -0.2) is 14.4 Å². The number of rotatable bonds is 8. The number of nitro groups is 1. The van der Waals surface area contributed by atoms with Gasteiger partial charge in [-0.2, -0.15) is 17.2 Å². The summed E-state index contributed by atoms with van der Waals surface area (Å²) in [7, 11) is -4.89. The molecule has 1 atom stereocenters. The van der Waals surface area contributed by atoms with Gasteiger partial charge in [0.2, 0.25) is 0 Å². The van der Waals surface area contributed by atoms with Crippen molar-refractivity contribution in [3.05, 3.63) is 59.3 Å². The molecule has 0 saturated heterocycles. The van der Waals surface area contributed by atoms with Gasteiger partial charge in [0.1, 0.15) is 11.3 Å². The van der Waals surface area contributed by atoms with Crippen LogP contribution in [0.3, 0.4) is 0 Å². The molecule has 0 aliphatic heterocycles. The van der Waals surface area contributed by atoms with Gasteiger partial charge in [0, 0.05) is 26.4 Å². The molecule has 1 unspecified atom stereocenters. The number of benzene rings is 2. The normalized spacial score (nSPS) is 12.4. The number of nitrogens with zero attached hydrogens (tertiary/aromatic N) is 1. The van der Waals surface area contributed by atoms with Crippen LogP contribution in [0.1, 0.15) is 38.0 Å². The number of esters is 3. The maximum absolute atomic E-state index is 13.8. The van der Waals surface area contributed by atoms with E-state index in [0.717, 1.165) is 19.2 Å². The van der Waals surface area contributed by atoms with Gasteiger partial charge in [-0.15, -0.1) is 0 Å². The fourth-order valence-electron chi connectivity index (χ4n) is 2.68. The van der Waals surface area contributed by atoms with E-state index in [1.54, 1.807) is 0 Å². The number of alkyl halides is 2. The molecule has 2 rings (SSSR count). The lowest BCUT2D eigenvalue weighted by atomic mass is 10.1. The third-order valence-corrected chi connectivity index (χ3v) is 13.0.